The fourth-order valence-electron chi connectivity index (χ4n) is 3.88. The molecule has 2 aromatic rings. The molecule has 0 radical (unpaired) electrons. The molecule has 0 spiro atoms. The van der Waals surface area contributed by atoms with Gasteiger partial charge in [-0.25, -0.2) is 0 Å². The van der Waals surface area contributed by atoms with E-state index in [1.807, 2.05) is 23.1 Å². The van der Waals surface area contributed by atoms with Crippen molar-refractivity contribution >= 4 is 34.8 Å². The van der Waals surface area contributed by atoms with Crippen molar-refractivity contribution in [3.05, 3.63) is 59.6 Å². The lowest BCUT2D eigenvalue weighted by molar-refractivity contribution is -0.133. The van der Waals surface area contributed by atoms with Crippen LogP contribution >= 0.6 is 11.6 Å². The minimum absolute atomic E-state index is 0.00130. The van der Waals surface area contributed by atoms with Crippen LogP contribution in [0.4, 0.5) is 11.4 Å². The van der Waals surface area contributed by atoms with Crippen LogP contribution in [-0.4, -0.2) is 48.9 Å². The van der Waals surface area contributed by atoms with Crippen molar-refractivity contribution in [3.8, 4) is 0 Å². The van der Waals surface area contributed by atoms with E-state index in [0.29, 0.717) is 31.0 Å². The summed E-state index contributed by atoms with van der Waals surface area (Å²) in [5.74, 6) is 0.0436. The third-order valence-corrected chi connectivity index (χ3v) is 5.57. The van der Waals surface area contributed by atoms with Crippen molar-refractivity contribution in [1.29, 1.82) is 0 Å². The third kappa shape index (κ3) is 3.65. The van der Waals surface area contributed by atoms with Gasteiger partial charge in [0.1, 0.15) is 6.04 Å². The number of halogens is 1. The number of hydrogen-bond donors (Lipinski definition) is 0. The Balaban J connectivity index is 1.44. The second-order valence-electron chi connectivity index (χ2n) is 6.94. The maximum absolute atomic E-state index is 13.1. The fourth-order valence-corrected chi connectivity index (χ4v) is 4.00. The summed E-state index contributed by atoms with van der Waals surface area (Å²) in [7, 11) is 0. The standard InChI is InChI=1S/C21H22ClN3O2/c22-16-6-8-18(9-7-16)25-19(10-11-20(25)26)21(27)24-14-12-23(13-15-24)17-4-2-1-3-5-17/h1-9,19H,10-15H2. The minimum atomic E-state index is -0.415. The zero-order chi connectivity index (χ0) is 18.8. The number of carbonyl (C=O) groups excluding carboxylic acids is 2. The van der Waals surface area contributed by atoms with Crippen LogP contribution in [0.5, 0.6) is 0 Å². The van der Waals surface area contributed by atoms with Gasteiger partial charge in [0.2, 0.25) is 11.8 Å². The van der Waals surface area contributed by atoms with E-state index in [-0.39, 0.29) is 11.8 Å². The number of benzene rings is 2. The SMILES string of the molecule is O=C(C1CCC(=O)N1c1ccc(Cl)cc1)N1CCN(c2ccccc2)CC1. The molecule has 0 aromatic heterocycles. The smallest absolute Gasteiger partial charge is 0.245 e. The lowest BCUT2D eigenvalue weighted by Crippen LogP contribution is -2.54. The fraction of sp³-hybridized carbons (Fsp3) is 0.333. The van der Waals surface area contributed by atoms with E-state index in [9.17, 15) is 9.59 Å². The molecule has 2 heterocycles. The van der Waals surface area contributed by atoms with Crippen LogP contribution in [0.15, 0.2) is 54.6 Å². The average molecular weight is 384 g/mol. The van der Waals surface area contributed by atoms with Crippen LogP contribution in [0, 0.1) is 0 Å². The predicted octanol–water partition coefficient (Wildman–Crippen LogP) is 3.18. The second kappa shape index (κ2) is 7.61. The van der Waals surface area contributed by atoms with Gasteiger partial charge in [-0.1, -0.05) is 29.8 Å². The van der Waals surface area contributed by atoms with E-state index >= 15 is 0 Å². The van der Waals surface area contributed by atoms with E-state index < -0.39 is 6.04 Å². The Morgan fingerprint density at radius 1 is 0.889 bits per heavy atom. The third-order valence-electron chi connectivity index (χ3n) is 5.31. The lowest BCUT2D eigenvalue weighted by atomic mass is 10.1. The van der Waals surface area contributed by atoms with E-state index in [4.69, 9.17) is 11.6 Å². The molecule has 0 aliphatic carbocycles. The summed E-state index contributed by atoms with van der Waals surface area (Å²) in [5, 5.41) is 0.616. The number of rotatable bonds is 3. The Morgan fingerprint density at radius 2 is 1.56 bits per heavy atom. The van der Waals surface area contributed by atoms with Crippen molar-refractivity contribution in [1.82, 2.24) is 4.90 Å². The first-order chi connectivity index (χ1) is 13.1. The number of hydrogen-bond acceptors (Lipinski definition) is 3. The monoisotopic (exact) mass is 383 g/mol. The van der Waals surface area contributed by atoms with Gasteiger partial charge in [-0.15, -0.1) is 0 Å². The van der Waals surface area contributed by atoms with Gasteiger partial charge in [-0.2, -0.15) is 0 Å². The zero-order valence-corrected chi connectivity index (χ0v) is 15.8. The molecule has 6 heteroatoms. The van der Waals surface area contributed by atoms with Gasteiger partial charge >= 0.3 is 0 Å². The van der Waals surface area contributed by atoms with Crippen molar-refractivity contribution in [2.24, 2.45) is 0 Å². The molecular formula is C21H22ClN3O2. The molecule has 0 bridgehead atoms. The predicted molar refractivity (Wildman–Crippen MR) is 107 cm³/mol. The molecule has 4 rings (SSSR count). The lowest BCUT2D eigenvalue weighted by Gasteiger charge is -2.38. The number of piperazine rings is 1. The van der Waals surface area contributed by atoms with Gasteiger partial charge < -0.3 is 9.80 Å². The Hall–Kier alpha value is -2.53. The van der Waals surface area contributed by atoms with Crippen LogP contribution in [0.3, 0.4) is 0 Å². The molecule has 2 fully saturated rings. The van der Waals surface area contributed by atoms with Gasteiger partial charge in [-0.05, 0) is 42.8 Å². The summed E-state index contributed by atoms with van der Waals surface area (Å²) in [4.78, 5) is 31.4. The highest BCUT2D eigenvalue weighted by Crippen LogP contribution is 2.29. The van der Waals surface area contributed by atoms with Crippen molar-refractivity contribution < 1.29 is 9.59 Å². The number of carbonyl (C=O) groups is 2. The largest absolute Gasteiger partial charge is 0.368 e. The summed E-state index contributed by atoms with van der Waals surface area (Å²) >= 11 is 5.96. The van der Waals surface area contributed by atoms with Gasteiger partial charge in [0.25, 0.3) is 0 Å². The topological polar surface area (TPSA) is 43.9 Å². The number of anilines is 2. The molecule has 140 valence electrons. The minimum Gasteiger partial charge on any atom is -0.368 e. The summed E-state index contributed by atoms with van der Waals surface area (Å²) in [5.41, 5.74) is 1.92. The zero-order valence-electron chi connectivity index (χ0n) is 15.1. The van der Waals surface area contributed by atoms with E-state index in [1.54, 1.807) is 29.2 Å². The van der Waals surface area contributed by atoms with Crippen LogP contribution in [0.1, 0.15) is 12.8 Å². The van der Waals surface area contributed by atoms with Crippen molar-refractivity contribution in [2.45, 2.75) is 18.9 Å². The van der Waals surface area contributed by atoms with Gasteiger partial charge in [0.15, 0.2) is 0 Å². The van der Waals surface area contributed by atoms with Crippen LogP contribution in [0.25, 0.3) is 0 Å². The normalized spacial score (nSPS) is 20.3. The quantitative estimate of drug-likeness (QED) is 0.817. The Labute approximate surface area is 164 Å². The highest BCUT2D eigenvalue weighted by molar-refractivity contribution is 6.30. The summed E-state index contributed by atoms with van der Waals surface area (Å²) < 4.78 is 0. The molecule has 2 aliphatic heterocycles. The van der Waals surface area contributed by atoms with Gasteiger partial charge in [0, 0.05) is 49.0 Å². The molecule has 2 amide bonds. The molecule has 0 saturated carbocycles. The maximum atomic E-state index is 13.1. The van der Waals surface area contributed by atoms with Crippen molar-refractivity contribution in [3.63, 3.8) is 0 Å². The maximum Gasteiger partial charge on any atom is 0.245 e. The number of nitrogens with zero attached hydrogens (tertiary/aromatic N) is 3. The summed E-state index contributed by atoms with van der Waals surface area (Å²) in [6.07, 6.45) is 0.974. The second-order valence-corrected chi connectivity index (χ2v) is 7.38. The van der Waals surface area contributed by atoms with Gasteiger partial charge in [-0.3, -0.25) is 14.5 Å². The molecular weight excluding hydrogens is 362 g/mol. The first-order valence-corrected chi connectivity index (χ1v) is 9.68. The molecule has 0 N–H and O–H groups in total. The van der Waals surface area contributed by atoms with E-state index in [1.165, 1.54) is 5.69 Å². The van der Waals surface area contributed by atoms with Crippen LogP contribution in [-0.2, 0) is 9.59 Å². The molecule has 2 saturated heterocycles. The Kier molecular flexibility index (Phi) is 5.03. The molecule has 5 nitrogen and oxygen atoms in total. The Bertz CT molecular complexity index is 817. The van der Waals surface area contributed by atoms with E-state index in [2.05, 4.69) is 17.0 Å². The molecule has 1 unspecified atom stereocenters. The number of amides is 2. The van der Waals surface area contributed by atoms with Crippen LogP contribution < -0.4 is 9.80 Å². The molecule has 1 atom stereocenters. The van der Waals surface area contributed by atoms with Crippen molar-refractivity contribution in [2.75, 3.05) is 36.0 Å². The highest BCUT2D eigenvalue weighted by atomic mass is 35.5. The van der Waals surface area contributed by atoms with Gasteiger partial charge in [0.05, 0.1) is 0 Å². The highest BCUT2D eigenvalue weighted by Gasteiger charge is 2.39. The molecule has 2 aliphatic rings. The first-order valence-electron chi connectivity index (χ1n) is 9.30. The molecule has 2 aromatic carbocycles. The Morgan fingerprint density at radius 3 is 2.22 bits per heavy atom. The number of para-hydroxylation sites is 1. The average Bonchev–Trinajstić information content (AvgIpc) is 3.10. The van der Waals surface area contributed by atoms with E-state index in [0.717, 1.165) is 18.8 Å². The summed E-state index contributed by atoms with van der Waals surface area (Å²) in [6.45, 7) is 2.95. The first kappa shape index (κ1) is 17.9. The summed E-state index contributed by atoms with van der Waals surface area (Å²) in [6, 6.07) is 16.9. The molecule has 27 heavy (non-hydrogen) atoms. The van der Waals surface area contributed by atoms with Crippen LogP contribution in [0.2, 0.25) is 5.02 Å².